The summed E-state index contributed by atoms with van der Waals surface area (Å²) >= 11 is 6.08. The summed E-state index contributed by atoms with van der Waals surface area (Å²) in [4.78, 5) is 25.6. The lowest BCUT2D eigenvalue weighted by Gasteiger charge is -2.22. The van der Waals surface area contributed by atoms with E-state index in [0.29, 0.717) is 23.7 Å². The molecule has 1 aliphatic heterocycles. The highest BCUT2D eigenvalue weighted by Gasteiger charge is 2.27. The fraction of sp³-hybridized carbons (Fsp3) is 0.391. The zero-order chi connectivity index (χ0) is 23.3. The van der Waals surface area contributed by atoms with Gasteiger partial charge in [0.1, 0.15) is 6.04 Å². The van der Waals surface area contributed by atoms with E-state index in [0.717, 1.165) is 18.4 Å². The summed E-state index contributed by atoms with van der Waals surface area (Å²) in [5, 5.41) is 5.88. The fourth-order valence-electron chi connectivity index (χ4n) is 3.56. The molecular weight excluding hydrogens is 450 g/mol. The second kappa shape index (κ2) is 10.5. The van der Waals surface area contributed by atoms with Crippen molar-refractivity contribution in [2.75, 3.05) is 13.1 Å². The topological polar surface area (TPSA) is 95.6 Å². The zero-order valence-corrected chi connectivity index (χ0v) is 19.7. The highest BCUT2D eigenvalue weighted by Crippen LogP contribution is 2.21. The summed E-state index contributed by atoms with van der Waals surface area (Å²) in [6.45, 7) is 5.01. The Balaban J connectivity index is 1.61. The molecule has 2 aromatic carbocycles. The Hall–Kier alpha value is -2.42. The first kappa shape index (κ1) is 24.2. The highest BCUT2D eigenvalue weighted by atomic mass is 35.5. The largest absolute Gasteiger partial charge is 0.350 e. The third kappa shape index (κ3) is 5.68. The van der Waals surface area contributed by atoms with Crippen molar-refractivity contribution in [2.24, 2.45) is 5.92 Å². The summed E-state index contributed by atoms with van der Waals surface area (Å²) in [5.74, 6) is -0.885. The van der Waals surface area contributed by atoms with Gasteiger partial charge in [0.15, 0.2) is 0 Å². The number of hydrogen-bond donors (Lipinski definition) is 2. The Morgan fingerprint density at radius 1 is 1.03 bits per heavy atom. The third-order valence-corrected chi connectivity index (χ3v) is 7.69. The molecule has 0 saturated carbocycles. The Kier molecular flexibility index (Phi) is 7.92. The maximum absolute atomic E-state index is 12.7. The van der Waals surface area contributed by atoms with Crippen LogP contribution in [0.1, 0.15) is 42.6 Å². The van der Waals surface area contributed by atoms with E-state index in [9.17, 15) is 18.0 Å². The van der Waals surface area contributed by atoms with Crippen molar-refractivity contribution in [1.82, 2.24) is 14.9 Å². The molecule has 1 unspecified atom stereocenters. The molecule has 0 spiro atoms. The smallest absolute Gasteiger partial charge is 0.253 e. The van der Waals surface area contributed by atoms with Crippen LogP contribution in [0.4, 0.5) is 0 Å². The first-order chi connectivity index (χ1) is 15.2. The van der Waals surface area contributed by atoms with E-state index >= 15 is 0 Å². The molecule has 1 aliphatic rings. The molecule has 1 heterocycles. The second-order valence-electron chi connectivity index (χ2n) is 8.15. The van der Waals surface area contributed by atoms with E-state index in [2.05, 4.69) is 10.6 Å². The molecule has 0 bridgehead atoms. The number of benzene rings is 2. The molecule has 0 radical (unpaired) electrons. The van der Waals surface area contributed by atoms with Crippen molar-refractivity contribution < 1.29 is 18.0 Å². The second-order valence-corrected chi connectivity index (χ2v) is 10.5. The third-order valence-electron chi connectivity index (χ3n) is 5.45. The predicted molar refractivity (Wildman–Crippen MR) is 124 cm³/mol. The molecule has 1 fully saturated rings. The number of amides is 2. The standard InChI is InChI=1S/C23H28ClN3O4S/c1-16(2)21(26-22(28)19-7-3-4-8-20(19)24)23(29)25-15-17-9-11-18(12-10-17)32(30,31)27-13-5-6-14-27/h3-4,7-12,16,21H,5-6,13-15H2,1-2H3,(H,25,29)(H,26,28). The molecule has 0 aliphatic carbocycles. The molecule has 3 rings (SSSR count). The van der Waals surface area contributed by atoms with E-state index < -0.39 is 22.0 Å². The quantitative estimate of drug-likeness (QED) is 0.610. The molecule has 172 valence electrons. The zero-order valence-electron chi connectivity index (χ0n) is 18.2. The minimum absolute atomic E-state index is 0.144. The van der Waals surface area contributed by atoms with Crippen molar-refractivity contribution in [3.8, 4) is 0 Å². The van der Waals surface area contributed by atoms with Crippen molar-refractivity contribution in [3.05, 3.63) is 64.7 Å². The van der Waals surface area contributed by atoms with Gasteiger partial charge < -0.3 is 10.6 Å². The van der Waals surface area contributed by atoms with Gasteiger partial charge in [-0.15, -0.1) is 0 Å². The number of sulfonamides is 1. The van der Waals surface area contributed by atoms with Crippen LogP contribution in [0.15, 0.2) is 53.4 Å². The van der Waals surface area contributed by atoms with Crippen molar-refractivity contribution >= 4 is 33.4 Å². The average molecular weight is 478 g/mol. The first-order valence-corrected chi connectivity index (χ1v) is 12.4. The Bertz CT molecular complexity index is 1060. The van der Waals surface area contributed by atoms with Crippen LogP contribution in [0, 0.1) is 5.92 Å². The number of halogens is 1. The predicted octanol–water partition coefficient (Wildman–Crippen LogP) is 3.20. The van der Waals surface area contributed by atoms with Gasteiger partial charge in [0.05, 0.1) is 15.5 Å². The van der Waals surface area contributed by atoms with Crippen LogP contribution in [0.2, 0.25) is 5.02 Å². The van der Waals surface area contributed by atoms with Gasteiger partial charge in [-0.1, -0.05) is 49.7 Å². The van der Waals surface area contributed by atoms with E-state index in [1.54, 1.807) is 48.5 Å². The summed E-state index contributed by atoms with van der Waals surface area (Å²) in [6, 6.07) is 12.4. The summed E-state index contributed by atoms with van der Waals surface area (Å²) in [5.41, 5.74) is 1.07. The Morgan fingerprint density at radius 3 is 2.25 bits per heavy atom. The normalized spacial score (nSPS) is 15.5. The lowest BCUT2D eigenvalue weighted by Crippen LogP contribution is -2.49. The number of carbonyl (C=O) groups excluding carboxylic acids is 2. The lowest BCUT2D eigenvalue weighted by molar-refractivity contribution is -0.124. The fourth-order valence-corrected chi connectivity index (χ4v) is 5.29. The van der Waals surface area contributed by atoms with E-state index in [4.69, 9.17) is 11.6 Å². The first-order valence-electron chi connectivity index (χ1n) is 10.6. The highest BCUT2D eigenvalue weighted by molar-refractivity contribution is 7.89. The van der Waals surface area contributed by atoms with Gasteiger partial charge in [0, 0.05) is 19.6 Å². The maximum Gasteiger partial charge on any atom is 0.253 e. The van der Waals surface area contributed by atoms with Gasteiger partial charge in [0.25, 0.3) is 5.91 Å². The number of nitrogens with one attached hydrogen (secondary N) is 2. The van der Waals surface area contributed by atoms with Crippen LogP contribution in [0.3, 0.4) is 0 Å². The van der Waals surface area contributed by atoms with E-state index in [1.165, 1.54) is 4.31 Å². The lowest BCUT2D eigenvalue weighted by atomic mass is 10.0. The molecular formula is C23H28ClN3O4S. The molecule has 7 nitrogen and oxygen atoms in total. The minimum atomic E-state index is -3.47. The van der Waals surface area contributed by atoms with Crippen molar-refractivity contribution in [2.45, 2.75) is 44.2 Å². The number of nitrogens with zero attached hydrogens (tertiary/aromatic N) is 1. The van der Waals surface area contributed by atoms with Crippen LogP contribution >= 0.6 is 11.6 Å². The van der Waals surface area contributed by atoms with Gasteiger partial charge in [-0.25, -0.2) is 8.42 Å². The van der Waals surface area contributed by atoms with Gasteiger partial charge in [-0.2, -0.15) is 4.31 Å². The van der Waals surface area contributed by atoms with Gasteiger partial charge in [-0.3, -0.25) is 9.59 Å². The van der Waals surface area contributed by atoms with Crippen molar-refractivity contribution in [1.29, 1.82) is 0 Å². The molecule has 9 heteroatoms. The average Bonchev–Trinajstić information content (AvgIpc) is 3.32. The van der Waals surface area contributed by atoms with Gasteiger partial charge in [-0.05, 0) is 48.6 Å². The summed E-state index contributed by atoms with van der Waals surface area (Å²) < 4.78 is 26.8. The van der Waals surface area contributed by atoms with Crippen molar-refractivity contribution in [3.63, 3.8) is 0 Å². The maximum atomic E-state index is 12.7. The molecule has 0 aromatic heterocycles. The van der Waals surface area contributed by atoms with Crippen LogP contribution in [0.25, 0.3) is 0 Å². The monoisotopic (exact) mass is 477 g/mol. The number of hydrogen-bond acceptors (Lipinski definition) is 4. The molecule has 32 heavy (non-hydrogen) atoms. The Morgan fingerprint density at radius 2 is 1.66 bits per heavy atom. The molecule has 1 atom stereocenters. The van der Waals surface area contributed by atoms with Gasteiger partial charge >= 0.3 is 0 Å². The summed E-state index contributed by atoms with van der Waals surface area (Å²) in [7, 11) is -3.47. The molecule has 2 amide bonds. The van der Waals surface area contributed by atoms with Crippen LogP contribution < -0.4 is 10.6 Å². The minimum Gasteiger partial charge on any atom is -0.350 e. The number of carbonyl (C=O) groups is 2. The SMILES string of the molecule is CC(C)C(NC(=O)c1ccccc1Cl)C(=O)NCc1ccc(S(=O)(=O)N2CCCC2)cc1. The van der Waals surface area contributed by atoms with Crippen LogP contribution in [-0.4, -0.2) is 43.7 Å². The number of rotatable bonds is 8. The van der Waals surface area contributed by atoms with E-state index in [1.807, 2.05) is 13.8 Å². The van der Waals surface area contributed by atoms with Crippen LogP contribution in [0.5, 0.6) is 0 Å². The molecule has 2 aromatic rings. The molecule has 2 N–H and O–H groups in total. The van der Waals surface area contributed by atoms with Crippen LogP contribution in [-0.2, 0) is 21.4 Å². The van der Waals surface area contributed by atoms with Gasteiger partial charge in [0.2, 0.25) is 15.9 Å². The molecule has 1 saturated heterocycles. The van der Waals surface area contributed by atoms with E-state index in [-0.39, 0.29) is 23.3 Å². The summed E-state index contributed by atoms with van der Waals surface area (Å²) in [6.07, 6.45) is 1.76. The Labute approximate surface area is 194 Å².